The van der Waals surface area contributed by atoms with Crippen molar-refractivity contribution in [3.63, 3.8) is 0 Å². The molecule has 1 aromatic rings. The van der Waals surface area contributed by atoms with Gasteiger partial charge in [0.1, 0.15) is 10.9 Å². The molecule has 9 heteroatoms. The zero-order valence-corrected chi connectivity index (χ0v) is 18.9. The molecule has 0 aromatic heterocycles. The van der Waals surface area contributed by atoms with Crippen LogP contribution in [0.4, 0.5) is 0 Å². The first-order chi connectivity index (χ1) is 14.7. The maximum absolute atomic E-state index is 13.1. The summed E-state index contributed by atoms with van der Waals surface area (Å²) in [5.41, 5.74) is 5.72. The number of amides is 2. The average molecular weight is 466 g/mol. The largest absolute Gasteiger partial charge is 0.368 e. The summed E-state index contributed by atoms with van der Waals surface area (Å²) >= 11 is 6.33. The van der Waals surface area contributed by atoms with Gasteiger partial charge in [0.15, 0.2) is 0 Å². The predicted octanol–water partition coefficient (Wildman–Crippen LogP) is 2.53. The van der Waals surface area contributed by atoms with Gasteiger partial charge in [-0.2, -0.15) is 4.31 Å². The fourth-order valence-corrected chi connectivity index (χ4v) is 8.87. The molecule has 4 bridgehead atoms. The molecule has 0 spiro atoms. The molecule has 5 aliphatic rings. The summed E-state index contributed by atoms with van der Waals surface area (Å²) in [6, 6.07) is 3.61. The van der Waals surface area contributed by atoms with Crippen molar-refractivity contribution < 1.29 is 18.0 Å². The molecule has 1 aromatic carbocycles. The number of rotatable bonds is 5. The molecular formula is C22H28ClN3O4S. The van der Waals surface area contributed by atoms with Crippen molar-refractivity contribution in [1.29, 1.82) is 0 Å². The first-order valence-electron chi connectivity index (χ1n) is 11.2. The number of hydrogen-bond acceptors (Lipinski definition) is 4. The van der Waals surface area contributed by atoms with Crippen LogP contribution in [0.5, 0.6) is 0 Å². The zero-order chi connectivity index (χ0) is 21.9. The molecule has 1 heterocycles. The minimum absolute atomic E-state index is 0.0205. The number of carbonyl (C=O) groups is 2. The number of nitrogens with two attached hydrogens (primary N) is 1. The fourth-order valence-electron chi connectivity index (χ4n) is 6.69. The summed E-state index contributed by atoms with van der Waals surface area (Å²) in [7, 11) is -3.98. The maximum Gasteiger partial charge on any atom is 0.251 e. The van der Waals surface area contributed by atoms with Crippen molar-refractivity contribution in [1.82, 2.24) is 9.62 Å². The third-order valence-electron chi connectivity index (χ3n) is 7.84. The monoisotopic (exact) mass is 465 g/mol. The van der Waals surface area contributed by atoms with Crippen molar-refractivity contribution in [3.8, 4) is 0 Å². The number of carbonyl (C=O) groups excluding carboxylic acids is 2. The fraction of sp³-hybridized carbons (Fsp3) is 0.636. The highest BCUT2D eigenvalue weighted by Gasteiger charge is 2.48. The smallest absolute Gasteiger partial charge is 0.251 e. The number of halogens is 1. The van der Waals surface area contributed by atoms with Gasteiger partial charge in [-0.1, -0.05) is 11.6 Å². The van der Waals surface area contributed by atoms with Crippen LogP contribution in [0.3, 0.4) is 0 Å². The maximum atomic E-state index is 13.1. The quantitative estimate of drug-likeness (QED) is 0.696. The van der Waals surface area contributed by atoms with E-state index in [4.69, 9.17) is 17.3 Å². The zero-order valence-electron chi connectivity index (χ0n) is 17.3. The molecule has 7 nitrogen and oxygen atoms in total. The molecule has 1 aliphatic heterocycles. The van der Waals surface area contributed by atoms with Gasteiger partial charge in [0.2, 0.25) is 15.9 Å². The van der Waals surface area contributed by atoms with Crippen LogP contribution in [0.1, 0.15) is 55.3 Å². The van der Waals surface area contributed by atoms with Crippen molar-refractivity contribution in [2.24, 2.45) is 29.4 Å². The van der Waals surface area contributed by atoms with Crippen LogP contribution in [0.15, 0.2) is 23.1 Å². The van der Waals surface area contributed by atoms with E-state index in [0.29, 0.717) is 30.2 Å². The van der Waals surface area contributed by atoms with Crippen LogP contribution < -0.4 is 11.1 Å². The number of benzene rings is 1. The van der Waals surface area contributed by atoms with Gasteiger partial charge in [-0.05, 0) is 86.8 Å². The SMILES string of the molecule is NC(=O)[C@H]1CCCN1S(=O)(=O)c1ccc(C(=O)NC2C3CC4CC(C3)CC2C4)cc1Cl. The highest BCUT2D eigenvalue weighted by atomic mass is 35.5. The minimum Gasteiger partial charge on any atom is -0.368 e. The van der Waals surface area contributed by atoms with Crippen molar-refractivity contribution >= 4 is 33.4 Å². The first kappa shape index (κ1) is 21.2. The van der Waals surface area contributed by atoms with Gasteiger partial charge in [-0.25, -0.2) is 8.42 Å². The second kappa shape index (κ2) is 7.74. The number of nitrogens with one attached hydrogen (secondary N) is 1. The van der Waals surface area contributed by atoms with Crippen molar-refractivity contribution in [2.75, 3.05) is 6.54 Å². The Labute approximate surface area is 187 Å². The molecule has 2 amide bonds. The second-order valence-corrected chi connectivity index (χ2v) is 12.0. The van der Waals surface area contributed by atoms with Crippen molar-refractivity contribution in [3.05, 3.63) is 28.8 Å². The Hall–Kier alpha value is -1.64. The summed E-state index contributed by atoms with van der Waals surface area (Å²) in [5.74, 6) is 1.88. The predicted molar refractivity (Wildman–Crippen MR) is 116 cm³/mol. The van der Waals surface area contributed by atoms with Gasteiger partial charge in [0.25, 0.3) is 5.91 Å². The van der Waals surface area contributed by atoms with E-state index in [1.54, 1.807) is 0 Å². The van der Waals surface area contributed by atoms with Gasteiger partial charge in [-0.15, -0.1) is 0 Å². The lowest BCUT2D eigenvalue weighted by atomic mass is 9.54. The molecule has 4 saturated carbocycles. The van der Waals surface area contributed by atoms with Gasteiger partial charge in [0, 0.05) is 18.2 Å². The van der Waals surface area contributed by atoms with Gasteiger partial charge in [-0.3, -0.25) is 9.59 Å². The van der Waals surface area contributed by atoms with Crippen LogP contribution in [-0.4, -0.2) is 43.2 Å². The van der Waals surface area contributed by atoms with E-state index in [2.05, 4.69) is 5.32 Å². The molecule has 0 unspecified atom stereocenters. The molecule has 5 fully saturated rings. The third kappa shape index (κ3) is 3.66. The number of nitrogens with zero attached hydrogens (tertiary/aromatic N) is 1. The van der Waals surface area contributed by atoms with Gasteiger partial charge in [0.05, 0.1) is 5.02 Å². The van der Waals surface area contributed by atoms with E-state index < -0.39 is 22.0 Å². The Morgan fingerprint density at radius 3 is 2.29 bits per heavy atom. The summed E-state index contributed by atoms with van der Waals surface area (Å²) in [4.78, 5) is 24.5. The summed E-state index contributed by atoms with van der Waals surface area (Å²) in [6.07, 6.45) is 7.13. The normalized spacial score (nSPS) is 34.7. The molecule has 1 atom stereocenters. The number of sulfonamides is 1. The summed E-state index contributed by atoms with van der Waals surface area (Å²) in [5, 5.41) is 3.20. The lowest BCUT2D eigenvalue weighted by Gasteiger charge is -2.54. The Kier molecular flexibility index (Phi) is 5.30. The first-order valence-corrected chi connectivity index (χ1v) is 13.0. The Bertz CT molecular complexity index is 1000. The van der Waals surface area contributed by atoms with E-state index in [-0.39, 0.29) is 28.4 Å². The van der Waals surface area contributed by atoms with Crippen LogP contribution in [0.25, 0.3) is 0 Å². The highest BCUT2D eigenvalue weighted by Crippen LogP contribution is 2.53. The second-order valence-electron chi connectivity index (χ2n) is 9.75. The van der Waals surface area contributed by atoms with Crippen LogP contribution in [0, 0.1) is 23.7 Å². The molecular weight excluding hydrogens is 438 g/mol. The summed E-state index contributed by atoms with van der Waals surface area (Å²) in [6.45, 7) is 0.223. The lowest BCUT2D eigenvalue weighted by Crippen LogP contribution is -2.55. The third-order valence-corrected chi connectivity index (χ3v) is 10.2. The molecule has 6 rings (SSSR count). The van der Waals surface area contributed by atoms with Crippen LogP contribution in [-0.2, 0) is 14.8 Å². The van der Waals surface area contributed by atoms with Crippen molar-refractivity contribution in [2.45, 2.75) is 61.9 Å². The van der Waals surface area contributed by atoms with Crippen LogP contribution in [0.2, 0.25) is 5.02 Å². The Morgan fingerprint density at radius 1 is 1.06 bits per heavy atom. The van der Waals surface area contributed by atoms with E-state index in [1.165, 1.54) is 50.3 Å². The standard InChI is InChI=1S/C22H28ClN3O4S/c23-17-11-14(3-4-19(17)31(29,30)26-5-1-2-18(26)21(24)27)22(28)25-20-15-7-12-6-13(9-15)10-16(20)8-12/h3-4,11-13,15-16,18,20H,1-2,5-10H2,(H2,24,27)(H,25,28)/t12?,13?,15?,16?,18-,20?/m1/s1. The number of primary amides is 1. The van der Waals surface area contributed by atoms with Gasteiger partial charge >= 0.3 is 0 Å². The molecule has 1 saturated heterocycles. The van der Waals surface area contributed by atoms with E-state index in [1.807, 2.05) is 0 Å². The topological polar surface area (TPSA) is 110 Å². The molecule has 31 heavy (non-hydrogen) atoms. The Morgan fingerprint density at radius 2 is 1.71 bits per heavy atom. The minimum atomic E-state index is -3.98. The summed E-state index contributed by atoms with van der Waals surface area (Å²) < 4.78 is 27.3. The van der Waals surface area contributed by atoms with Gasteiger partial charge < -0.3 is 11.1 Å². The Balaban J connectivity index is 1.33. The average Bonchev–Trinajstić information content (AvgIpc) is 3.21. The number of hydrogen-bond donors (Lipinski definition) is 2. The van der Waals surface area contributed by atoms with E-state index in [9.17, 15) is 18.0 Å². The van der Waals surface area contributed by atoms with E-state index in [0.717, 1.165) is 16.1 Å². The molecule has 168 valence electrons. The highest BCUT2D eigenvalue weighted by molar-refractivity contribution is 7.89. The van der Waals surface area contributed by atoms with E-state index >= 15 is 0 Å². The van der Waals surface area contributed by atoms with Crippen LogP contribution >= 0.6 is 11.6 Å². The molecule has 4 aliphatic carbocycles. The lowest BCUT2D eigenvalue weighted by molar-refractivity contribution is -0.121. The molecule has 0 radical (unpaired) electrons. The molecule has 3 N–H and O–H groups in total.